The molecular formula is C18H16N2O4. The smallest absolute Gasteiger partial charge is 0.314 e. The first-order chi connectivity index (χ1) is 11.4. The summed E-state index contributed by atoms with van der Waals surface area (Å²) in [5.74, 6) is -1.93. The molecule has 0 spiro atoms. The van der Waals surface area contributed by atoms with Gasteiger partial charge in [-0.1, -0.05) is 12.1 Å². The highest BCUT2D eigenvalue weighted by Crippen LogP contribution is 2.12. The van der Waals surface area contributed by atoms with Gasteiger partial charge in [-0.25, -0.2) is 0 Å². The van der Waals surface area contributed by atoms with Crippen LogP contribution in [-0.2, 0) is 9.59 Å². The number of carbonyl (C=O) groups is 4. The maximum atomic E-state index is 11.9. The first kappa shape index (κ1) is 17.1. The number of amides is 2. The lowest BCUT2D eigenvalue weighted by molar-refractivity contribution is -0.132. The Bertz CT molecular complexity index is 810. The molecule has 0 saturated carbocycles. The van der Waals surface area contributed by atoms with Gasteiger partial charge in [-0.05, 0) is 50.2 Å². The van der Waals surface area contributed by atoms with Crippen LogP contribution in [0.3, 0.4) is 0 Å². The van der Waals surface area contributed by atoms with Crippen molar-refractivity contribution in [2.24, 2.45) is 0 Å². The number of hydrogen-bond donors (Lipinski definition) is 2. The summed E-state index contributed by atoms with van der Waals surface area (Å²) in [5.41, 5.74) is 1.71. The largest absolute Gasteiger partial charge is 0.318 e. The van der Waals surface area contributed by atoms with E-state index in [1.54, 1.807) is 30.3 Å². The molecule has 0 aromatic heterocycles. The average Bonchev–Trinajstić information content (AvgIpc) is 2.55. The van der Waals surface area contributed by atoms with Crippen molar-refractivity contribution < 1.29 is 19.2 Å². The second-order valence-electron chi connectivity index (χ2n) is 5.18. The maximum Gasteiger partial charge on any atom is 0.314 e. The van der Waals surface area contributed by atoms with Crippen molar-refractivity contribution in [1.82, 2.24) is 0 Å². The summed E-state index contributed by atoms with van der Waals surface area (Å²) in [4.78, 5) is 46.3. The fourth-order valence-corrected chi connectivity index (χ4v) is 1.98. The number of benzene rings is 2. The normalized spacial score (nSPS) is 9.92. The molecule has 0 aliphatic heterocycles. The maximum absolute atomic E-state index is 11.9. The van der Waals surface area contributed by atoms with Crippen LogP contribution in [0.25, 0.3) is 0 Å². The van der Waals surface area contributed by atoms with Gasteiger partial charge >= 0.3 is 11.8 Å². The summed E-state index contributed by atoms with van der Waals surface area (Å²) in [7, 11) is 0. The van der Waals surface area contributed by atoms with Crippen LogP contribution in [0.4, 0.5) is 11.4 Å². The van der Waals surface area contributed by atoms with Crippen molar-refractivity contribution in [3.8, 4) is 0 Å². The van der Waals surface area contributed by atoms with Gasteiger partial charge in [0.15, 0.2) is 11.6 Å². The molecule has 24 heavy (non-hydrogen) atoms. The predicted molar refractivity (Wildman–Crippen MR) is 90.2 cm³/mol. The molecule has 2 N–H and O–H groups in total. The van der Waals surface area contributed by atoms with E-state index in [0.717, 1.165) is 0 Å². The quantitative estimate of drug-likeness (QED) is 0.668. The van der Waals surface area contributed by atoms with E-state index in [-0.39, 0.29) is 11.6 Å². The number of ketones is 2. The van der Waals surface area contributed by atoms with Crippen molar-refractivity contribution in [1.29, 1.82) is 0 Å². The van der Waals surface area contributed by atoms with E-state index < -0.39 is 11.8 Å². The zero-order valence-electron chi connectivity index (χ0n) is 13.3. The van der Waals surface area contributed by atoms with E-state index in [2.05, 4.69) is 10.6 Å². The molecule has 2 rings (SSSR count). The average molecular weight is 324 g/mol. The fourth-order valence-electron chi connectivity index (χ4n) is 1.98. The Hall–Kier alpha value is -3.28. The molecule has 0 bridgehead atoms. The lowest BCUT2D eigenvalue weighted by Crippen LogP contribution is -2.29. The summed E-state index contributed by atoms with van der Waals surface area (Å²) < 4.78 is 0. The lowest BCUT2D eigenvalue weighted by atomic mass is 10.1. The molecule has 0 heterocycles. The number of hydrogen-bond acceptors (Lipinski definition) is 4. The highest BCUT2D eigenvalue weighted by Gasteiger charge is 2.14. The second-order valence-corrected chi connectivity index (χ2v) is 5.18. The summed E-state index contributed by atoms with van der Waals surface area (Å²) in [6.07, 6.45) is 0. The van der Waals surface area contributed by atoms with Crippen LogP contribution in [0.15, 0.2) is 48.5 Å². The minimum absolute atomic E-state index is 0.0871. The molecule has 6 nitrogen and oxygen atoms in total. The monoisotopic (exact) mass is 324 g/mol. The highest BCUT2D eigenvalue weighted by molar-refractivity contribution is 6.43. The Morgan fingerprint density at radius 2 is 1.21 bits per heavy atom. The number of rotatable bonds is 4. The number of carbonyl (C=O) groups excluding carboxylic acids is 4. The van der Waals surface area contributed by atoms with Gasteiger partial charge in [-0.15, -0.1) is 0 Å². The molecule has 0 radical (unpaired) electrons. The van der Waals surface area contributed by atoms with Gasteiger partial charge in [0.2, 0.25) is 0 Å². The van der Waals surface area contributed by atoms with Crippen LogP contribution in [0.2, 0.25) is 0 Å². The van der Waals surface area contributed by atoms with Crippen molar-refractivity contribution >= 4 is 34.8 Å². The van der Waals surface area contributed by atoms with E-state index in [9.17, 15) is 19.2 Å². The standard InChI is InChI=1S/C18H16N2O4/c1-11(21)13-6-8-15(9-7-13)19-17(23)18(24)20-16-5-3-4-14(10-16)12(2)22/h3-10H,1-2H3,(H,19,23)(H,20,24). The van der Waals surface area contributed by atoms with Crippen LogP contribution in [0, 0.1) is 0 Å². The Morgan fingerprint density at radius 3 is 1.75 bits per heavy atom. The minimum Gasteiger partial charge on any atom is -0.318 e. The molecule has 2 aromatic rings. The van der Waals surface area contributed by atoms with Gasteiger partial charge in [0.25, 0.3) is 0 Å². The Balaban J connectivity index is 2.02. The Labute approximate surface area is 138 Å². The zero-order valence-corrected chi connectivity index (χ0v) is 13.3. The lowest BCUT2D eigenvalue weighted by Gasteiger charge is -2.07. The third-order valence-corrected chi connectivity index (χ3v) is 3.28. The van der Waals surface area contributed by atoms with Crippen molar-refractivity contribution in [3.05, 3.63) is 59.7 Å². The summed E-state index contributed by atoms with van der Waals surface area (Å²) in [6, 6.07) is 12.5. The van der Waals surface area contributed by atoms with E-state index in [4.69, 9.17) is 0 Å². The van der Waals surface area contributed by atoms with E-state index >= 15 is 0 Å². The molecule has 0 atom stereocenters. The molecule has 0 aliphatic carbocycles. The van der Waals surface area contributed by atoms with Crippen LogP contribution in [0.5, 0.6) is 0 Å². The first-order valence-corrected chi connectivity index (χ1v) is 7.21. The highest BCUT2D eigenvalue weighted by atomic mass is 16.2. The molecule has 0 saturated heterocycles. The third-order valence-electron chi connectivity index (χ3n) is 3.28. The summed E-state index contributed by atoms with van der Waals surface area (Å²) in [6.45, 7) is 2.86. The Morgan fingerprint density at radius 1 is 0.667 bits per heavy atom. The van der Waals surface area contributed by atoms with Crippen molar-refractivity contribution in [2.45, 2.75) is 13.8 Å². The van der Waals surface area contributed by atoms with Crippen molar-refractivity contribution in [3.63, 3.8) is 0 Å². The molecule has 0 fully saturated rings. The first-order valence-electron chi connectivity index (χ1n) is 7.21. The van der Waals surface area contributed by atoms with Crippen LogP contribution in [-0.4, -0.2) is 23.4 Å². The van der Waals surface area contributed by atoms with Crippen LogP contribution in [0.1, 0.15) is 34.6 Å². The molecule has 122 valence electrons. The predicted octanol–water partition coefficient (Wildman–Crippen LogP) is 2.67. The van der Waals surface area contributed by atoms with E-state index in [1.165, 1.54) is 32.0 Å². The third kappa shape index (κ3) is 4.36. The Kier molecular flexibility index (Phi) is 5.21. The van der Waals surface area contributed by atoms with Gasteiger partial charge in [-0.2, -0.15) is 0 Å². The fraction of sp³-hybridized carbons (Fsp3) is 0.111. The molecule has 0 aliphatic rings. The van der Waals surface area contributed by atoms with Gasteiger partial charge < -0.3 is 10.6 Å². The molecule has 2 aromatic carbocycles. The number of nitrogens with one attached hydrogen (secondary N) is 2. The van der Waals surface area contributed by atoms with Gasteiger partial charge in [0.1, 0.15) is 0 Å². The molecular weight excluding hydrogens is 308 g/mol. The SMILES string of the molecule is CC(=O)c1ccc(NC(=O)C(=O)Nc2cccc(C(C)=O)c2)cc1. The second kappa shape index (κ2) is 7.32. The van der Waals surface area contributed by atoms with Gasteiger partial charge in [0, 0.05) is 22.5 Å². The van der Waals surface area contributed by atoms with Gasteiger partial charge in [0.05, 0.1) is 0 Å². The minimum atomic E-state index is -0.855. The zero-order chi connectivity index (χ0) is 17.7. The summed E-state index contributed by atoms with van der Waals surface area (Å²) >= 11 is 0. The van der Waals surface area contributed by atoms with E-state index in [1.807, 2.05) is 0 Å². The van der Waals surface area contributed by atoms with Crippen LogP contribution < -0.4 is 10.6 Å². The topological polar surface area (TPSA) is 92.3 Å². The molecule has 6 heteroatoms. The number of Topliss-reactive ketones (excluding diaryl/α,β-unsaturated/α-hetero) is 2. The number of anilines is 2. The molecule has 2 amide bonds. The molecule has 0 unspecified atom stereocenters. The summed E-state index contributed by atoms with van der Waals surface area (Å²) in [5, 5.41) is 4.87. The van der Waals surface area contributed by atoms with E-state index in [0.29, 0.717) is 22.5 Å². The van der Waals surface area contributed by atoms with Gasteiger partial charge in [-0.3, -0.25) is 19.2 Å². The van der Waals surface area contributed by atoms with Crippen molar-refractivity contribution in [2.75, 3.05) is 10.6 Å². The van der Waals surface area contributed by atoms with Crippen LogP contribution >= 0.6 is 0 Å².